The summed E-state index contributed by atoms with van der Waals surface area (Å²) in [5, 5.41) is 10.5. The molecule has 0 atom stereocenters. The van der Waals surface area contributed by atoms with E-state index >= 15 is 0 Å². The van der Waals surface area contributed by atoms with Gasteiger partial charge in [-0.15, -0.1) is 0 Å². The maximum Gasteiger partial charge on any atom is 0.435 e. The van der Waals surface area contributed by atoms with Gasteiger partial charge in [0.2, 0.25) is 0 Å². The fourth-order valence-electron chi connectivity index (χ4n) is 2.46. The Labute approximate surface area is 132 Å². The minimum absolute atomic E-state index is 0.202. The molecule has 0 bridgehead atoms. The molecule has 0 aliphatic carbocycles. The van der Waals surface area contributed by atoms with Crippen molar-refractivity contribution < 1.29 is 13.2 Å². The van der Waals surface area contributed by atoms with Crippen molar-refractivity contribution >= 4 is 17.8 Å². The van der Waals surface area contributed by atoms with Gasteiger partial charge in [0.15, 0.2) is 5.69 Å². The third-order valence-corrected chi connectivity index (χ3v) is 3.62. The molecular weight excluding hydrogens is 307 g/mol. The van der Waals surface area contributed by atoms with Crippen LogP contribution in [0.5, 0.6) is 0 Å². The number of aromatic nitrogens is 2. The Balaban J connectivity index is 2.54. The van der Waals surface area contributed by atoms with Gasteiger partial charge in [-0.05, 0) is 31.5 Å². The highest BCUT2D eigenvalue weighted by atomic mass is 19.4. The van der Waals surface area contributed by atoms with Gasteiger partial charge >= 0.3 is 6.18 Å². The van der Waals surface area contributed by atoms with Gasteiger partial charge in [-0.3, -0.25) is 5.41 Å². The summed E-state index contributed by atoms with van der Waals surface area (Å²) in [4.78, 5) is 2.08. The molecule has 0 saturated heterocycles. The first-order valence-corrected chi connectivity index (χ1v) is 7.14. The van der Waals surface area contributed by atoms with Crippen molar-refractivity contribution in [1.82, 2.24) is 9.78 Å². The van der Waals surface area contributed by atoms with E-state index in [1.54, 1.807) is 24.3 Å². The van der Waals surface area contributed by atoms with Crippen LogP contribution in [0.25, 0.3) is 11.1 Å². The van der Waals surface area contributed by atoms with Gasteiger partial charge in [-0.2, -0.15) is 18.3 Å². The van der Waals surface area contributed by atoms with Gasteiger partial charge < -0.3 is 10.6 Å². The Bertz CT molecular complexity index is 684. The minimum atomic E-state index is -4.64. The van der Waals surface area contributed by atoms with E-state index in [2.05, 4.69) is 10.00 Å². The first-order chi connectivity index (χ1) is 10.8. The number of nitrogen functional groups attached to an aromatic ring is 1. The number of hydrogen-bond acceptors (Lipinski definition) is 4. The van der Waals surface area contributed by atoms with Crippen molar-refractivity contribution in [2.45, 2.75) is 20.0 Å². The molecule has 23 heavy (non-hydrogen) atoms. The summed E-state index contributed by atoms with van der Waals surface area (Å²) in [5.41, 5.74) is 5.68. The zero-order valence-corrected chi connectivity index (χ0v) is 12.9. The van der Waals surface area contributed by atoms with Gasteiger partial charge in [0.05, 0.1) is 5.56 Å². The van der Waals surface area contributed by atoms with Crippen LogP contribution in [0.15, 0.2) is 24.3 Å². The second kappa shape index (κ2) is 6.31. The summed E-state index contributed by atoms with van der Waals surface area (Å²) in [6.45, 7) is 5.62. The maximum atomic E-state index is 13.2. The molecular formula is C15H18F3N5. The van der Waals surface area contributed by atoms with E-state index in [9.17, 15) is 13.2 Å². The van der Waals surface area contributed by atoms with Crippen molar-refractivity contribution in [1.29, 1.82) is 5.41 Å². The highest BCUT2D eigenvalue weighted by Crippen LogP contribution is 2.39. The predicted molar refractivity (Wildman–Crippen MR) is 84.8 cm³/mol. The Morgan fingerprint density at radius 1 is 1.22 bits per heavy atom. The van der Waals surface area contributed by atoms with Crippen LogP contribution in [0.3, 0.4) is 0 Å². The minimum Gasteiger partial charge on any atom is -0.383 e. The number of nitrogens with two attached hydrogens (primary N) is 1. The number of hydrogen-bond donors (Lipinski definition) is 2. The number of alkyl halides is 3. The van der Waals surface area contributed by atoms with E-state index < -0.39 is 11.9 Å². The number of halogens is 3. The number of benzene rings is 1. The third kappa shape index (κ3) is 3.15. The molecule has 2 aromatic rings. The smallest absolute Gasteiger partial charge is 0.383 e. The second-order valence-electron chi connectivity index (χ2n) is 4.90. The molecule has 0 radical (unpaired) electrons. The molecule has 1 heterocycles. The van der Waals surface area contributed by atoms with Crippen LogP contribution in [0.2, 0.25) is 0 Å². The van der Waals surface area contributed by atoms with Crippen molar-refractivity contribution in [2.75, 3.05) is 23.7 Å². The Hall–Kier alpha value is -2.51. The third-order valence-electron chi connectivity index (χ3n) is 3.62. The van der Waals surface area contributed by atoms with Gasteiger partial charge in [-0.1, -0.05) is 12.1 Å². The topological polar surface area (TPSA) is 70.9 Å². The fraction of sp³-hybridized carbons (Fsp3) is 0.333. The van der Waals surface area contributed by atoms with Gasteiger partial charge in [0.25, 0.3) is 0 Å². The van der Waals surface area contributed by atoms with E-state index in [-0.39, 0.29) is 11.4 Å². The molecule has 0 spiro atoms. The Morgan fingerprint density at radius 2 is 1.78 bits per heavy atom. The molecule has 1 aromatic heterocycles. The van der Waals surface area contributed by atoms with Gasteiger partial charge in [-0.25, -0.2) is 4.68 Å². The van der Waals surface area contributed by atoms with Crippen LogP contribution < -0.4 is 10.6 Å². The summed E-state index contributed by atoms with van der Waals surface area (Å²) < 4.78 is 40.2. The highest BCUT2D eigenvalue weighted by Gasteiger charge is 2.39. The van der Waals surface area contributed by atoms with Gasteiger partial charge in [0, 0.05) is 18.8 Å². The lowest BCUT2D eigenvalue weighted by molar-refractivity contribution is -0.140. The normalized spacial score (nSPS) is 11.5. The predicted octanol–water partition coefficient (Wildman–Crippen LogP) is 3.45. The monoisotopic (exact) mass is 325 g/mol. The highest BCUT2D eigenvalue weighted by molar-refractivity contribution is 5.81. The summed E-state index contributed by atoms with van der Waals surface area (Å²) in [5.74, 6) is -0.206. The lowest BCUT2D eigenvalue weighted by Gasteiger charge is -2.21. The van der Waals surface area contributed by atoms with Crippen LogP contribution in [0, 0.1) is 5.41 Å². The molecule has 0 aliphatic rings. The lowest BCUT2D eigenvalue weighted by atomic mass is 10.0. The van der Waals surface area contributed by atoms with Crippen LogP contribution in [-0.4, -0.2) is 29.2 Å². The molecule has 124 valence electrons. The lowest BCUT2D eigenvalue weighted by Crippen LogP contribution is -2.21. The van der Waals surface area contributed by atoms with E-state index in [1.807, 2.05) is 13.8 Å². The van der Waals surface area contributed by atoms with Gasteiger partial charge in [0.1, 0.15) is 12.2 Å². The van der Waals surface area contributed by atoms with Crippen molar-refractivity contribution in [3.63, 3.8) is 0 Å². The molecule has 1 aromatic carbocycles. The average Bonchev–Trinajstić information content (AvgIpc) is 2.86. The first-order valence-electron chi connectivity index (χ1n) is 7.14. The summed E-state index contributed by atoms with van der Waals surface area (Å²) in [6.07, 6.45) is -3.99. The van der Waals surface area contributed by atoms with Crippen molar-refractivity contribution in [3.05, 3.63) is 30.0 Å². The van der Waals surface area contributed by atoms with E-state index in [4.69, 9.17) is 11.1 Å². The molecule has 0 unspecified atom stereocenters. The van der Waals surface area contributed by atoms with Crippen molar-refractivity contribution in [3.8, 4) is 11.1 Å². The molecule has 0 amide bonds. The molecule has 0 aliphatic heterocycles. The zero-order valence-electron chi connectivity index (χ0n) is 12.9. The summed E-state index contributed by atoms with van der Waals surface area (Å²) in [6, 6.07) is 6.68. The Morgan fingerprint density at radius 3 is 2.22 bits per heavy atom. The van der Waals surface area contributed by atoms with E-state index in [0.29, 0.717) is 11.9 Å². The maximum absolute atomic E-state index is 13.2. The van der Waals surface area contributed by atoms with Crippen LogP contribution in [0.1, 0.15) is 19.5 Å². The summed E-state index contributed by atoms with van der Waals surface area (Å²) >= 11 is 0. The van der Waals surface area contributed by atoms with Crippen LogP contribution in [0.4, 0.5) is 24.7 Å². The first kappa shape index (κ1) is 16.9. The number of nitrogens with zero attached hydrogens (tertiary/aromatic N) is 3. The SMILES string of the molecule is CCN(CC)c1ccc(-c2c(C(F)(F)F)nn(C=N)c2N)cc1. The molecule has 0 saturated carbocycles. The van der Waals surface area contributed by atoms with Crippen molar-refractivity contribution in [2.24, 2.45) is 0 Å². The standard InChI is InChI=1S/C15H18F3N5/c1-3-22(4-2)11-7-5-10(6-8-11)12-13(15(16,17)18)21-23(9-19)14(12)20/h5-9,19H,3-4,20H2,1-2H3. The average molecular weight is 325 g/mol. The molecule has 8 heteroatoms. The number of anilines is 2. The van der Waals surface area contributed by atoms with E-state index in [1.165, 1.54) is 0 Å². The fourth-order valence-corrected chi connectivity index (χ4v) is 2.46. The molecule has 3 N–H and O–H groups in total. The van der Waals surface area contributed by atoms with Crippen LogP contribution in [-0.2, 0) is 6.18 Å². The number of rotatable bonds is 5. The largest absolute Gasteiger partial charge is 0.435 e. The Kier molecular flexibility index (Phi) is 4.63. The molecule has 2 rings (SSSR count). The quantitative estimate of drug-likeness (QED) is 0.653. The number of nitrogens with one attached hydrogen (secondary N) is 1. The molecule has 0 fully saturated rings. The zero-order chi connectivity index (χ0) is 17.2. The van der Waals surface area contributed by atoms with Crippen LogP contribution >= 0.6 is 0 Å². The molecule has 5 nitrogen and oxygen atoms in total. The second-order valence-corrected chi connectivity index (χ2v) is 4.90. The summed E-state index contributed by atoms with van der Waals surface area (Å²) in [7, 11) is 0. The van der Waals surface area contributed by atoms with E-state index in [0.717, 1.165) is 23.5 Å².